The number of hydrogen-bond acceptors (Lipinski definition) is 2. The summed E-state index contributed by atoms with van der Waals surface area (Å²) in [5, 5.41) is 3.21. The van der Waals surface area contributed by atoms with Crippen molar-refractivity contribution < 1.29 is 9.53 Å². The van der Waals surface area contributed by atoms with E-state index >= 15 is 0 Å². The van der Waals surface area contributed by atoms with E-state index in [2.05, 4.69) is 36.5 Å². The molecule has 1 N–H and O–H groups in total. The molecule has 0 spiro atoms. The molecule has 0 saturated heterocycles. The average Bonchev–Trinajstić information content (AvgIpc) is 2.78. The number of rotatable bonds is 6. The fourth-order valence-electron chi connectivity index (χ4n) is 4.21. The van der Waals surface area contributed by atoms with Crippen LogP contribution in [-0.2, 0) is 17.6 Å². The normalized spacial score (nSPS) is 15.0. The molecule has 3 aromatic carbocycles. The summed E-state index contributed by atoms with van der Waals surface area (Å²) in [6.07, 6.45) is 3.94. The van der Waals surface area contributed by atoms with Crippen molar-refractivity contribution in [2.45, 2.75) is 51.7 Å². The molecule has 0 bridgehead atoms. The Bertz CT molecular complexity index is 1010. The molecule has 30 heavy (non-hydrogen) atoms. The third-order valence-electron chi connectivity index (χ3n) is 5.82. The monoisotopic (exact) mass is 399 g/mol. The fourth-order valence-corrected chi connectivity index (χ4v) is 4.21. The zero-order valence-electron chi connectivity index (χ0n) is 17.7. The van der Waals surface area contributed by atoms with Crippen LogP contribution >= 0.6 is 0 Å². The van der Waals surface area contributed by atoms with Crippen molar-refractivity contribution in [3.8, 4) is 5.75 Å². The van der Waals surface area contributed by atoms with Crippen LogP contribution in [0.5, 0.6) is 5.75 Å². The summed E-state index contributed by atoms with van der Waals surface area (Å²) in [5.41, 5.74) is 5.91. The Morgan fingerprint density at radius 2 is 1.63 bits per heavy atom. The third-order valence-corrected chi connectivity index (χ3v) is 5.82. The maximum Gasteiger partial charge on any atom is 0.261 e. The number of aryl methyl sites for hydroxylation is 2. The van der Waals surface area contributed by atoms with Crippen LogP contribution in [0.25, 0.3) is 0 Å². The highest BCUT2D eigenvalue weighted by Gasteiger charge is 2.23. The van der Waals surface area contributed by atoms with E-state index in [-0.39, 0.29) is 11.9 Å². The predicted octanol–water partition coefficient (Wildman–Crippen LogP) is 5.55. The molecule has 0 radical (unpaired) electrons. The topological polar surface area (TPSA) is 38.3 Å². The van der Waals surface area contributed by atoms with Gasteiger partial charge in [0, 0.05) is 0 Å². The van der Waals surface area contributed by atoms with E-state index in [4.69, 9.17) is 4.74 Å². The van der Waals surface area contributed by atoms with E-state index in [9.17, 15) is 4.79 Å². The van der Waals surface area contributed by atoms with Crippen LogP contribution < -0.4 is 10.1 Å². The SMILES string of the molecule is Cc1cccc(C(NC(=O)C(C)Oc2cccc3c2CCCC3)c2ccccc2)c1. The van der Waals surface area contributed by atoms with Crippen LogP contribution in [0.4, 0.5) is 0 Å². The van der Waals surface area contributed by atoms with Crippen LogP contribution in [0.3, 0.4) is 0 Å². The van der Waals surface area contributed by atoms with Gasteiger partial charge in [-0.2, -0.15) is 0 Å². The second kappa shape index (κ2) is 9.17. The van der Waals surface area contributed by atoms with Gasteiger partial charge in [-0.3, -0.25) is 4.79 Å². The van der Waals surface area contributed by atoms with E-state index in [1.54, 1.807) is 0 Å². The number of hydrogen-bond donors (Lipinski definition) is 1. The Morgan fingerprint density at radius 3 is 2.43 bits per heavy atom. The lowest BCUT2D eigenvalue weighted by atomic mass is 9.91. The Morgan fingerprint density at radius 1 is 0.900 bits per heavy atom. The van der Waals surface area contributed by atoms with Gasteiger partial charge in [-0.05, 0) is 67.9 Å². The molecule has 154 valence electrons. The summed E-state index contributed by atoms with van der Waals surface area (Å²) in [6, 6.07) is 24.3. The first-order valence-corrected chi connectivity index (χ1v) is 10.8. The van der Waals surface area contributed by atoms with Crippen molar-refractivity contribution in [2.75, 3.05) is 0 Å². The summed E-state index contributed by atoms with van der Waals surface area (Å²) in [6.45, 7) is 3.90. The molecule has 2 atom stereocenters. The van der Waals surface area contributed by atoms with Gasteiger partial charge >= 0.3 is 0 Å². The summed E-state index contributed by atoms with van der Waals surface area (Å²) >= 11 is 0. The standard InChI is InChI=1S/C27H29NO2/c1-19-10-8-15-23(18-19)26(22-12-4-3-5-13-22)28-27(29)20(2)30-25-17-9-14-21-11-6-7-16-24(21)25/h3-5,8-10,12-15,17-18,20,26H,6-7,11,16H2,1-2H3,(H,28,29). The molecule has 3 aromatic rings. The van der Waals surface area contributed by atoms with Gasteiger partial charge in [0.05, 0.1) is 6.04 Å². The lowest BCUT2D eigenvalue weighted by molar-refractivity contribution is -0.127. The van der Waals surface area contributed by atoms with Gasteiger partial charge < -0.3 is 10.1 Å². The Kier molecular flexibility index (Phi) is 6.18. The molecule has 4 rings (SSSR count). The highest BCUT2D eigenvalue weighted by molar-refractivity contribution is 5.81. The van der Waals surface area contributed by atoms with Gasteiger partial charge in [-0.15, -0.1) is 0 Å². The molecule has 1 amide bonds. The highest BCUT2D eigenvalue weighted by Crippen LogP contribution is 2.30. The first-order chi connectivity index (χ1) is 14.6. The lowest BCUT2D eigenvalue weighted by Gasteiger charge is -2.25. The second-order valence-corrected chi connectivity index (χ2v) is 8.13. The smallest absolute Gasteiger partial charge is 0.261 e. The number of fused-ring (bicyclic) bond motifs is 1. The second-order valence-electron chi connectivity index (χ2n) is 8.13. The van der Waals surface area contributed by atoms with E-state index in [1.807, 2.05) is 55.5 Å². The zero-order valence-corrected chi connectivity index (χ0v) is 17.7. The van der Waals surface area contributed by atoms with Crippen LogP contribution in [0.1, 0.15) is 53.6 Å². The molecular formula is C27H29NO2. The van der Waals surface area contributed by atoms with Crippen LogP contribution in [0.2, 0.25) is 0 Å². The molecule has 3 nitrogen and oxygen atoms in total. The van der Waals surface area contributed by atoms with Crippen molar-refractivity contribution in [3.05, 3.63) is 101 Å². The maximum absolute atomic E-state index is 13.1. The highest BCUT2D eigenvalue weighted by atomic mass is 16.5. The van der Waals surface area contributed by atoms with Gasteiger partial charge in [-0.25, -0.2) is 0 Å². The largest absolute Gasteiger partial charge is 0.481 e. The van der Waals surface area contributed by atoms with Crippen LogP contribution in [0.15, 0.2) is 72.8 Å². The van der Waals surface area contributed by atoms with E-state index in [0.717, 1.165) is 29.7 Å². The Hall–Kier alpha value is -3.07. The van der Waals surface area contributed by atoms with Crippen LogP contribution in [-0.4, -0.2) is 12.0 Å². The van der Waals surface area contributed by atoms with Gasteiger partial charge in [0.2, 0.25) is 0 Å². The fraction of sp³-hybridized carbons (Fsp3) is 0.296. The minimum Gasteiger partial charge on any atom is -0.481 e. The lowest BCUT2D eigenvalue weighted by Crippen LogP contribution is -2.39. The van der Waals surface area contributed by atoms with Crippen LogP contribution in [0, 0.1) is 6.92 Å². The summed E-state index contributed by atoms with van der Waals surface area (Å²) < 4.78 is 6.16. The van der Waals surface area contributed by atoms with Crippen molar-refractivity contribution >= 4 is 5.91 Å². The number of ether oxygens (including phenoxy) is 1. The first kappa shape index (κ1) is 20.2. The molecule has 2 unspecified atom stereocenters. The summed E-state index contributed by atoms with van der Waals surface area (Å²) in [5.74, 6) is 0.737. The number of amides is 1. The minimum atomic E-state index is -0.575. The van der Waals surface area contributed by atoms with E-state index in [0.29, 0.717) is 0 Å². The molecular weight excluding hydrogens is 370 g/mol. The maximum atomic E-state index is 13.1. The average molecular weight is 400 g/mol. The molecule has 1 aliphatic carbocycles. The molecule has 0 aliphatic heterocycles. The van der Waals surface area contributed by atoms with E-state index in [1.165, 1.54) is 29.5 Å². The zero-order chi connectivity index (χ0) is 20.9. The molecule has 0 heterocycles. The number of benzene rings is 3. The van der Waals surface area contributed by atoms with Gasteiger partial charge in [-0.1, -0.05) is 72.3 Å². The van der Waals surface area contributed by atoms with Gasteiger partial charge in [0.15, 0.2) is 6.10 Å². The quantitative estimate of drug-likeness (QED) is 0.590. The van der Waals surface area contributed by atoms with Crippen molar-refractivity contribution in [3.63, 3.8) is 0 Å². The van der Waals surface area contributed by atoms with Gasteiger partial charge in [0.1, 0.15) is 5.75 Å². The minimum absolute atomic E-state index is 0.112. The number of carbonyl (C=O) groups is 1. The Balaban J connectivity index is 1.54. The molecule has 0 aromatic heterocycles. The molecule has 3 heteroatoms. The molecule has 0 saturated carbocycles. The molecule has 1 aliphatic rings. The number of carbonyl (C=O) groups excluding carboxylic acids is 1. The summed E-state index contributed by atoms with van der Waals surface area (Å²) in [7, 11) is 0. The number of nitrogens with one attached hydrogen (secondary N) is 1. The molecule has 0 fully saturated rings. The van der Waals surface area contributed by atoms with Crippen molar-refractivity contribution in [1.82, 2.24) is 5.32 Å². The predicted molar refractivity (Wildman–Crippen MR) is 121 cm³/mol. The van der Waals surface area contributed by atoms with Gasteiger partial charge in [0.25, 0.3) is 5.91 Å². The van der Waals surface area contributed by atoms with Crippen molar-refractivity contribution in [2.24, 2.45) is 0 Å². The van der Waals surface area contributed by atoms with Crippen molar-refractivity contribution in [1.29, 1.82) is 0 Å². The Labute approximate surface area is 179 Å². The summed E-state index contributed by atoms with van der Waals surface area (Å²) in [4.78, 5) is 13.1. The van der Waals surface area contributed by atoms with E-state index < -0.39 is 6.10 Å². The first-order valence-electron chi connectivity index (χ1n) is 10.8. The third kappa shape index (κ3) is 4.56.